The van der Waals surface area contributed by atoms with Crippen LogP contribution in [0.15, 0.2) is 23.8 Å². The smallest absolute Gasteiger partial charge is 0.330 e. The number of ether oxygens (including phenoxy) is 1. The van der Waals surface area contributed by atoms with Crippen LogP contribution in [0.25, 0.3) is 0 Å². The third-order valence-electron chi connectivity index (χ3n) is 1.78. The van der Waals surface area contributed by atoms with Gasteiger partial charge in [0.15, 0.2) is 0 Å². The van der Waals surface area contributed by atoms with E-state index >= 15 is 0 Å². The van der Waals surface area contributed by atoms with Gasteiger partial charge in [0.2, 0.25) is 0 Å². The Hall–Kier alpha value is -1.05. The second kappa shape index (κ2) is 7.59. The highest BCUT2D eigenvalue weighted by molar-refractivity contribution is 5.81. The zero-order valence-electron chi connectivity index (χ0n) is 8.67. The molecule has 13 heavy (non-hydrogen) atoms. The van der Waals surface area contributed by atoms with Crippen molar-refractivity contribution in [2.45, 2.75) is 33.1 Å². The summed E-state index contributed by atoms with van der Waals surface area (Å²) in [4.78, 5) is 10.7. The van der Waals surface area contributed by atoms with Gasteiger partial charge in [-0.1, -0.05) is 31.6 Å². The molecule has 0 spiro atoms. The maximum Gasteiger partial charge on any atom is 0.330 e. The van der Waals surface area contributed by atoms with Crippen molar-refractivity contribution in [1.29, 1.82) is 0 Å². The van der Waals surface area contributed by atoms with E-state index < -0.39 is 0 Å². The summed E-state index contributed by atoms with van der Waals surface area (Å²) in [6.07, 6.45) is 8.45. The molecule has 0 rings (SSSR count). The van der Waals surface area contributed by atoms with Gasteiger partial charge in [-0.05, 0) is 19.3 Å². The molecule has 0 fully saturated rings. The summed E-state index contributed by atoms with van der Waals surface area (Å²) in [6, 6.07) is 0. The number of hydrogen-bond donors (Lipinski definition) is 0. The molecule has 74 valence electrons. The van der Waals surface area contributed by atoms with E-state index in [1.165, 1.54) is 18.8 Å². The Labute approximate surface area is 80.3 Å². The number of allylic oxidation sites excluding steroid dienone is 3. The molecule has 0 unspecified atom stereocenters. The van der Waals surface area contributed by atoms with Crippen molar-refractivity contribution in [2.75, 3.05) is 7.11 Å². The molecule has 0 aromatic rings. The molecule has 0 amide bonds. The molecule has 0 aromatic heterocycles. The van der Waals surface area contributed by atoms with Crippen molar-refractivity contribution in [3.05, 3.63) is 23.8 Å². The van der Waals surface area contributed by atoms with Gasteiger partial charge < -0.3 is 4.74 Å². The minimum atomic E-state index is -0.285. The topological polar surface area (TPSA) is 26.3 Å². The summed E-state index contributed by atoms with van der Waals surface area (Å²) in [7, 11) is 1.38. The monoisotopic (exact) mass is 182 g/mol. The predicted octanol–water partition coefficient (Wildman–Crippen LogP) is 2.85. The SMILES string of the molecule is CC/C=C(\CC)C/C=C\C(=O)OC. The Morgan fingerprint density at radius 1 is 1.38 bits per heavy atom. The fourth-order valence-corrected chi connectivity index (χ4v) is 1.04. The minimum absolute atomic E-state index is 0.285. The van der Waals surface area contributed by atoms with E-state index in [4.69, 9.17) is 0 Å². The summed E-state index contributed by atoms with van der Waals surface area (Å²) < 4.78 is 4.48. The molecule has 0 heterocycles. The van der Waals surface area contributed by atoms with Crippen molar-refractivity contribution in [3.8, 4) is 0 Å². The predicted molar refractivity (Wildman–Crippen MR) is 54.4 cm³/mol. The van der Waals surface area contributed by atoms with Crippen LogP contribution in [-0.4, -0.2) is 13.1 Å². The van der Waals surface area contributed by atoms with Gasteiger partial charge in [0, 0.05) is 6.08 Å². The molecule has 0 N–H and O–H groups in total. The molecular formula is C11H18O2. The number of carbonyl (C=O) groups is 1. The van der Waals surface area contributed by atoms with E-state index in [0.717, 1.165) is 19.3 Å². The zero-order valence-corrected chi connectivity index (χ0v) is 8.67. The molecule has 0 aliphatic heterocycles. The van der Waals surface area contributed by atoms with E-state index in [9.17, 15) is 4.79 Å². The van der Waals surface area contributed by atoms with Crippen molar-refractivity contribution in [3.63, 3.8) is 0 Å². The third kappa shape index (κ3) is 6.14. The lowest BCUT2D eigenvalue weighted by molar-refractivity contribution is -0.134. The summed E-state index contributed by atoms with van der Waals surface area (Å²) >= 11 is 0. The Morgan fingerprint density at radius 2 is 2.08 bits per heavy atom. The van der Waals surface area contributed by atoms with E-state index in [0.29, 0.717) is 0 Å². The summed E-state index contributed by atoms with van der Waals surface area (Å²) in [6.45, 7) is 4.23. The Bertz CT molecular complexity index is 202. The molecule has 0 bridgehead atoms. The molecular weight excluding hydrogens is 164 g/mol. The van der Waals surface area contributed by atoms with Crippen LogP contribution < -0.4 is 0 Å². The van der Waals surface area contributed by atoms with Gasteiger partial charge in [0.05, 0.1) is 7.11 Å². The zero-order chi connectivity index (χ0) is 10.1. The lowest BCUT2D eigenvalue weighted by atomic mass is 10.1. The molecule has 0 aliphatic carbocycles. The fourth-order valence-electron chi connectivity index (χ4n) is 1.04. The number of carbonyl (C=O) groups excluding carboxylic acids is 1. The van der Waals surface area contributed by atoms with Crippen LogP contribution in [0.3, 0.4) is 0 Å². The largest absolute Gasteiger partial charge is 0.466 e. The van der Waals surface area contributed by atoms with E-state index in [1.54, 1.807) is 0 Å². The first-order valence-electron chi connectivity index (χ1n) is 4.66. The highest BCUT2D eigenvalue weighted by Gasteiger charge is 1.92. The van der Waals surface area contributed by atoms with Gasteiger partial charge in [-0.15, -0.1) is 0 Å². The normalized spacial score (nSPS) is 12.1. The van der Waals surface area contributed by atoms with Crippen LogP contribution in [0.5, 0.6) is 0 Å². The molecule has 0 saturated carbocycles. The van der Waals surface area contributed by atoms with Crippen molar-refractivity contribution in [1.82, 2.24) is 0 Å². The minimum Gasteiger partial charge on any atom is -0.466 e. The average molecular weight is 182 g/mol. The number of methoxy groups -OCH3 is 1. The molecule has 0 radical (unpaired) electrons. The Balaban J connectivity index is 3.91. The maximum absolute atomic E-state index is 10.7. The van der Waals surface area contributed by atoms with Gasteiger partial charge in [-0.2, -0.15) is 0 Å². The van der Waals surface area contributed by atoms with Crippen LogP contribution in [-0.2, 0) is 9.53 Å². The maximum atomic E-state index is 10.7. The van der Waals surface area contributed by atoms with Gasteiger partial charge in [0.1, 0.15) is 0 Å². The first kappa shape index (κ1) is 11.9. The van der Waals surface area contributed by atoms with Crippen LogP contribution in [0.2, 0.25) is 0 Å². The Morgan fingerprint density at radius 3 is 2.54 bits per heavy atom. The van der Waals surface area contributed by atoms with E-state index in [-0.39, 0.29) is 5.97 Å². The summed E-state index contributed by atoms with van der Waals surface area (Å²) in [5.74, 6) is -0.285. The Kier molecular flexibility index (Phi) is 6.98. The lowest BCUT2D eigenvalue weighted by Crippen LogP contribution is -1.93. The fraction of sp³-hybridized carbons (Fsp3) is 0.545. The lowest BCUT2D eigenvalue weighted by Gasteiger charge is -1.98. The van der Waals surface area contributed by atoms with E-state index in [1.807, 2.05) is 6.08 Å². The molecule has 2 nitrogen and oxygen atoms in total. The average Bonchev–Trinajstić information content (AvgIpc) is 2.16. The molecule has 0 aromatic carbocycles. The number of rotatable bonds is 5. The van der Waals surface area contributed by atoms with Gasteiger partial charge >= 0.3 is 5.97 Å². The summed E-state index contributed by atoms with van der Waals surface area (Å²) in [5.41, 5.74) is 1.36. The van der Waals surface area contributed by atoms with Crippen LogP contribution in [0.1, 0.15) is 33.1 Å². The third-order valence-corrected chi connectivity index (χ3v) is 1.78. The molecule has 2 heteroatoms. The van der Waals surface area contributed by atoms with Crippen molar-refractivity contribution < 1.29 is 9.53 Å². The highest BCUT2D eigenvalue weighted by Crippen LogP contribution is 2.08. The molecule has 0 saturated heterocycles. The first-order valence-corrected chi connectivity index (χ1v) is 4.66. The second-order valence-electron chi connectivity index (χ2n) is 2.75. The summed E-state index contributed by atoms with van der Waals surface area (Å²) in [5, 5.41) is 0. The van der Waals surface area contributed by atoms with Gasteiger partial charge in [-0.25, -0.2) is 4.79 Å². The van der Waals surface area contributed by atoms with Crippen LogP contribution in [0, 0.1) is 0 Å². The van der Waals surface area contributed by atoms with Gasteiger partial charge in [-0.3, -0.25) is 0 Å². The standard InChI is InChI=1S/C11H18O2/c1-4-7-10(5-2)8-6-9-11(12)13-3/h6-7,9H,4-5,8H2,1-3H3/b9-6-,10-7+. The quantitative estimate of drug-likeness (QED) is 0.371. The molecule has 0 aliphatic rings. The number of hydrogen-bond acceptors (Lipinski definition) is 2. The van der Waals surface area contributed by atoms with E-state index in [2.05, 4.69) is 24.7 Å². The van der Waals surface area contributed by atoms with Crippen molar-refractivity contribution >= 4 is 5.97 Å². The van der Waals surface area contributed by atoms with Crippen LogP contribution in [0.4, 0.5) is 0 Å². The highest BCUT2D eigenvalue weighted by atomic mass is 16.5. The second-order valence-corrected chi connectivity index (χ2v) is 2.75. The molecule has 0 atom stereocenters. The van der Waals surface area contributed by atoms with Crippen LogP contribution >= 0.6 is 0 Å². The van der Waals surface area contributed by atoms with Gasteiger partial charge in [0.25, 0.3) is 0 Å². The van der Waals surface area contributed by atoms with Crippen molar-refractivity contribution in [2.24, 2.45) is 0 Å². The first-order chi connectivity index (χ1) is 6.24. The number of esters is 1.